The summed E-state index contributed by atoms with van der Waals surface area (Å²) in [5, 5.41) is 15.8. The summed E-state index contributed by atoms with van der Waals surface area (Å²) in [7, 11) is 0. The molecule has 0 spiro atoms. The van der Waals surface area contributed by atoms with E-state index in [0.717, 1.165) is 17.1 Å². The van der Waals surface area contributed by atoms with Crippen LogP contribution in [0.25, 0.3) is 10.9 Å². The largest absolute Gasteiger partial charge is 0.438 e. The summed E-state index contributed by atoms with van der Waals surface area (Å²) in [5.74, 6) is 1.20. The van der Waals surface area contributed by atoms with Crippen LogP contribution in [0.4, 0.5) is 5.69 Å². The van der Waals surface area contributed by atoms with Gasteiger partial charge in [0, 0.05) is 28.1 Å². The molecular weight excluding hydrogens is 502 g/mol. The monoisotopic (exact) mass is 521 g/mol. The number of pyridine rings is 1. The van der Waals surface area contributed by atoms with Crippen LogP contribution in [0.3, 0.4) is 0 Å². The molecule has 0 aliphatic carbocycles. The van der Waals surface area contributed by atoms with Gasteiger partial charge in [0.15, 0.2) is 0 Å². The number of benzene rings is 2. The van der Waals surface area contributed by atoms with E-state index in [-0.39, 0.29) is 23.0 Å². The van der Waals surface area contributed by atoms with Crippen LogP contribution >= 0.6 is 15.9 Å². The van der Waals surface area contributed by atoms with Crippen LogP contribution < -0.4 is 10.3 Å². The molecule has 1 atom stereocenters. The molecule has 0 saturated heterocycles. The van der Waals surface area contributed by atoms with Gasteiger partial charge in [-0.2, -0.15) is 9.78 Å². The number of halogens is 1. The zero-order valence-corrected chi connectivity index (χ0v) is 20.0. The zero-order valence-electron chi connectivity index (χ0n) is 18.4. The van der Waals surface area contributed by atoms with E-state index >= 15 is 0 Å². The summed E-state index contributed by atoms with van der Waals surface area (Å²) in [6.45, 7) is 4.02. The van der Waals surface area contributed by atoms with Gasteiger partial charge in [0.2, 0.25) is 5.88 Å². The number of hydrogen-bond acceptors (Lipinski definition) is 7. The molecule has 2 heterocycles. The second-order valence-electron chi connectivity index (χ2n) is 7.55. The fraction of sp³-hybridized carbons (Fsp3) is 0.167. The molecule has 172 valence electrons. The smallest absolute Gasteiger partial charge is 0.287 e. The Bertz CT molecular complexity index is 1450. The SMILES string of the molecule is CC[C@@H](C)c1nc2ccc(Br)cc2c(=O)n1N=Cc1ccccc1Oc1ccc([N+](=O)[O-])cn1. The maximum atomic E-state index is 13.3. The van der Waals surface area contributed by atoms with Crippen molar-refractivity contribution < 1.29 is 9.66 Å². The van der Waals surface area contributed by atoms with Crippen LogP contribution in [-0.4, -0.2) is 25.8 Å². The van der Waals surface area contributed by atoms with Crippen LogP contribution in [-0.2, 0) is 0 Å². The predicted octanol–water partition coefficient (Wildman–Crippen LogP) is 5.65. The first kappa shape index (κ1) is 23.2. The number of aromatic nitrogens is 3. The molecule has 2 aromatic carbocycles. The Labute approximate surface area is 203 Å². The van der Waals surface area contributed by atoms with Gasteiger partial charge in [-0.05, 0) is 36.8 Å². The first-order valence-corrected chi connectivity index (χ1v) is 11.3. The Morgan fingerprint density at radius 3 is 2.74 bits per heavy atom. The maximum Gasteiger partial charge on any atom is 0.287 e. The minimum absolute atomic E-state index is 0.00806. The van der Waals surface area contributed by atoms with Crippen molar-refractivity contribution >= 4 is 38.7 Å². The van der Waals surface area contributed by atoms with Crippen LogP contribution in [0, 0.1) is 10.1 Å². The Morgan fingerprint density at radius 2 is 2.03 bits per heavy atom. The van der Waals surface area contributed by atoms with Crippen molar-refractivity contribution in [3.8, 4) is 11.6 Å². The van der Waals surface area contributed by atoms with Gasteiger partial charge in [0.05, 0.1) is 22.0 Å². The average Bonchev–Trinajstić information content (AvgIpc) is 2.84. The van der Waals surface area contributed by atoms with Crippen LogP contribution in [0.5, 0.6) is 11.6 Å². The number of hydrogen-bond donors (Lipinski definition) is 0. The summed E-state index contributed by atoms with van der Waals surface area (Å²) in [6.07, 6.45) is 3.44. The molecule has 2 aromatic heterocycles. The maximum absolute atomic E-state index is 13.3. The summed E-state index contributed by atoms with van der Waals surface area (Å²) in [4.78, 5) is 32.3. The fourth-order valence-corrected chi connectivity index (χ4v) is 3.59. The third kappa shape index (κ3) is 4.86. The third-order valence-corrected chi connectivity index (χ3v) is 5.76. The van der Waals surface area contributed by atoms with E-state index in [1.54, 1.807) is 30.3 Å². The zero-order chi connectivity index (χ0) is 24.2. The molecule has 0 bridgehead atoms. The molecule has 0 fully saturated rings. The lowest BCUT2D eigenvalue weighted by molar-refractivity contribution is -0.385. The van der Waals surface area contributed by atoms with Crippen molar-refractivity contribution in [2.75, 3.05) is 0 Å². The van der Waals surface area contributed by atoms with Gasteiger partial charge >= 0.3 is 0 Å². The van der Waals surface area contributed by atoms with Gasteiger partial charge < -0.3 is 4.74 Å². The van der Waals surface area contributed by atoms with Crippen molar-refractivity contribution in [2.24, 2.45) is 5.10 Å². The molecule has 0 amide bonds. The molecule has 0 N–H and O–H groups in total. The molecule has 10 heteroatoms. The fourth-order valence-electron chi connectivity index (χ4n) is 3.23. The number of fused-ring (bicyclic) bond motifs is 1. The normalized spacial score (nSPS) is 12.2. The van der Waals surface area contributed by atoms with E-state index in [0.29, 0.717) is 28.0 Å². The highest BCUT2D eigenvalue weighted by Gasteiger charge is 2.16. The summed E-state index contributed by atoms with van der Waals surface area (Å²) >= 11 is 3.41. The molecule has 4 aromatic rings. The van der Waals surface area contributed by atoms with E-state index in [1.165, 1.54) is 23.0 Å². The molecule has 4 rings (SSSR count). The Morgan fingerprint density at radius 1 is 1.24 bits per heavy atom. The second kappa shape index (κ2) is 9.92. The van der Waals surface area contributed by atoms with Crippen LogP contribution in [0.1, 0.15) is 37.6 Å². The summed E-state index contributed by atoms with van der Waals surface area (Å²) in [5.41, 5.74) is 0.810. The Hall–Kier alpha value is -3.92. The van der Waals surface area contributed by atoms with E-state index in [2.05, 4.69) is 26.0 Å². The minimum atomic E-state index is -0.528. The lowest BCUT2D eigenvalue weighted by Gasteiger charge is -2.14. The first-order valence-electron chi connectivity index (χ1n) is 10.5. The van der Waals surface area contributed by atoms with E-state index < -0.39 is 4.92 Å². The third-order valence-electron chi connectivity index (χ3n) is 5.26. The molecule has 0 radical (unpaired) electrons. The molecule has 9 nitrogen and oxygen atoms in total. The van der Waals surface area contributed by atoms with Gasteiger partial charge in [0.1, 0.15) is 17.8 Å². The number of para-hydroxylation sites is 1. The van der Waals surface area contributed by atoms with Gasteiger partial charge in [-0.25, -0.2) is 9.97 Å². The molecule has 34 heavy (non-hydrogen) atoms. The minimum Gasteiger partial charge on any atom is -0.438 e. The van der Waals surface area contributed by atoms with E-state index in [9.17, 15) is 14.9 Å². The lowest BCUT2D eigenvalue weighted by Crippen LogP contribution is -2.23. The van der Waals surface area contributed by atoms with Crippen molar-refractivity contribution in [2.45, 2.75) is 26.2 Å². The van der Waals surface area contributed by atoms with Crippen molar-refractivity contribution in [1.82, 2.24) is 14.6 Å². The summed E-state index contributed by atoms with van der Waals surface area (Å²) < 4.78 is 7.91. The van der Waals surface area contributed by atoms with Crippen LogP contribution in [0.2, 0.25) is 0 Å². The van der Waals surface area contributed by atoms with E-state index in [1.807, 2.05) is 26.0 Å². The molecule has 0 aliphatic rings. The molecule has 0 unspecified atom stereocenters. The topological polar surface area (TPSA) is 113 Å². The highest BCUT2D eigenvalue weighted by atomic mass is 79.9. The Balaban J connectivity index is 1.74. The number of nitrogens with zero attached hydrogens (tertiary/aromatic N) is 5. The van der Waals surface area contributed by atoms with Gasteiger partial charge in [-0.15, -0.1) is 0 Å². The number of ether oxygens (including phenoxy) is 1. The van der Waals surface area contributed by atoms with Gasteiger partial charge in [0.25, 0.3) is 11.2 Å². The van der Waals surface area contributed by atoms with Gasteiger partial charge in [-0.1, -0.05) is 41.9 Å². The van der Waals surface area contributed by atoms with Crippen molar-refractivity contribution in [3.63, 3.8) is 0 Å². The highest BCUT2D eigenvalue weighted by molar-refractivity contribution is 9.10. The van der Waals surface area contributed by atoms with Gasteiger partial charge in [-0.3, -0.25) is 14.9 Å². The lowest BCUT2D eigenvalue weighted by atomic mass is 10.1. The van der Waals surface area contributed by atoms with Crippen molar-refractivity contribution in [3.05, 3.63) is 97.1 Å². The molecule has 0 aliphatic heterocycles. The van der Waals surface area contributed by atoms with Crippen LogP contribution in [0.15, 0.2) is 75.2 Å². The van der Waals surface area contributed by atoms with Crippen molar-refractivity contribution in [1.29, 1.82) is 0 Å². The second-order valence-corrected chi connectivity index (χ2v) is 8.47. The quantitative estimate of drug-likeness (QED) is 0.176. The highest BCUT2D eigenvalue weighted by Crippen LogP contribution is 2.25. The number of nitro groups is 1. The predicted molar refractivity (Wildman–Crippen MR) is 133 cm³/mol. The van der Waals surface area contributed by atoms with E-state index in [4.69, 9.17) is 9.72 Å². The summed E-state index contributed by atoms with van der Waals surface area (Å²) in [6, 6.07) is 15.2. The average molecular weight is 522 g/mol. The number of rotatable bonds is 7. The Kier molecular flexibility index (Phi) is 6.78. The standard InChI is InChI=1S/C24H20BrN5O4/c1-3-15(2)23-28-20-10-8-17(25)12-19(20)24(31)29(23)27-13-16-6-4-5-7-21(16)34-22-11-9-18(14-26-22)30(32)33/h4-15H,3H2,1-2H3/t15-/m1/s1. The first-order chi connectivity index (χ1) is 16.4. The molecule has 0 saturated carbocycles. The molecular formula is C24H20BrN5O4.